The van der Waals surface area contributed by atoms with Gasteiger partial charge in [0, 0.05) is 11.1 Å². The van der Waals surface area contributed by atoms with Crippen molar-refractivity contribution in [2.75, 3.05) is 11.9 Å². The fraction of sp³-hybridized carbons (Fsp3) is 0.333. The van der Waals surface area contributed by atoms with Crippen LogP contribution in [0.2, 0.25) is 0 Å². The number of nitrogens with zero attached hydrogens (tertiary/aromatic N) is 1. The molecular formula is C15H18N2O2S. The van der Waals surface area contributed by atoms with E-state index in [0.717, 1.165) is 22.9 Å². The van der Waals surface area contributed by atoms with Crippen molar-refractivity contribution in [3.63, 3.8) is 0 Å². The molecule has 1 N–H and O–H groups in total. The summed E-state index contributed by atoms with van der Waals surface area (Å²) < 4.78 is 4.90. The first kappa shape index (κ1) is 14.5. The zero-order chi connectivity index (χ0) is 14.4. The largest absolute Gasteiger partial charge is 0.466 e. The molecule has 1 heterocycles. The standard InChI is InChI=1S/C15H18N2O2S/c1-3-11-5-7-12(8-6-11)16-15-17-13(10-20-15)9-14(18)19-4-2/h5-8,10H,3-4,9H2,1-2H3,(H,16,17). The minimum Gasteiger partial charge on any atom is -0.466 e. The van der Waals surface area contributed by atoms with Crippen molar-refractivity contribution < 1.29 is 9.53 Å². The van der Waals surface area contributed by atoms with Crippen LogP contribution in [0, 0.1) is 0 Å². The first-order valence-corrected chi connectivity index (χ1v) is 7.55. The molecule has 0 radical (unpaired) electrons. The van der Waals surface area contributed by atoms with Crippen molar-refractivity contribution in [1.82, 2.24) is 4.98 Å². The lowest BCUT2D eigenvalue weighted by molar-refractivity contribution is -0.142. The van der Waals surface area contributed by atoms with Gasteiger partial charge in [0.1, 0.15) is 0 Å². The summed E-state index contributed by atoms with van der Waals surface area (Å²) in [4.78, 5) is 15.7. The van der Waals surface area contributed by atoms with Gasteiger partial charge in [0.2, 0.25) is 0 Å². The molecule has 0 saturated heterocycles. The van der Waals surface area contributed by atoms with E-state index < -0.39 is 0 Å². The Balaban J connectivity index is 1.96. The maximum absolute atomic E-state index is 11.4. The number of aromatic nitrogens is 1. The number of thiazole rings is 1. The van der Waals surface area contributed by atoms with E-state index >= 15 is 0 Å². The normalized spacial score (nSPS) is 10.3. The summed E-state index contributed by atoms with van der Waals surface area (Å²) in [6, 6.07) is 8.25. The molecule has 1 aromatic heterocycles. The Hall–Kier alpha value is -1.88. The first-order chi connectivity index (χ1) is 9.71. The van der Waals surface area contributed by atoms with E-state index in [1.54, 1.807) is 6.92 Å². The molecule has 2 aromatic rings. The second-order valence-electron chi connectivity index (χ2n) is 4.30. The highest BCUT2D eigenvalue weighted by Crippen LogP contribution is 2.21. The van der Waals surface area contributed by atoms with Crippen LogP contribution < -0.4 is 5.32 Å². The maximum Gasteiger partial charge on any atom is 0.311 e. The zero-order valence-electron chi connectivity index (χ0n) is 11.7. The Morgan fingerprint density at radius 2 is 2.05 bits per heavy atom. The van der Waals surface area contributed by atoms with E-state index in [2.05, 4.69) is 29.4 Å². The third kappa shape index (κ3) is 4.06. The SMILES string of the molecule is CCOC(=O)Cc1csc(Nc2ccc(CC)cc2)n1. The molecule has 5 heteroatoms. The molecule has 0 fully saturated rings. The molecular weight excluding hydrogens is 272 g/mol. The van der Waals surface area contributed by atoms with Crippen LogP contribution >= 0.6 is 11.3 Å². The minimum atomic E-state index is -0.239. The van der Waals surface area contributed by atoms with Gasteiger partial charge in [-0.05, 0) is 31.0 Å². The predicted octanol–water partition coefficient (Wildman–Crippen LogP) is 3.55. The fourth-order valence-corrected chi connectivity index (χ4v) is 2.48. The molecule has 0 saturated carbocycles. The van der Waals surface area contributed by atoms with Gasteiger partial charge in [-0.2, -0.15) is 0 Å². The highest BCUT2D eigenvalue weighted by Gasteiger charge is 2.08. The summed E-state index contributed by atoms with van der Waals surface area (Å²) in [5, 5.41) is 5.90. The molecule has 0 aliphatic carbocycles. The average molecular weight is 290 g/mol. The summed E-state index contributed by atoms with van der Waals surface area (Å²) in [7, 11) is 0. The molecule has 0 unspecified atom stereocenters. The number of esters is 1. The Morgan fingerprint density at radius 3 is 2.70 bits per heavy atom. The van der Waals surface area contributed by atoms with Gasteiger partial charge in [0.15, 0.2) is 5.13 Å². The summed E-state index contributed by atoms with van der Waals surface area (Å²) in [6.45, 7) is 4.33. The van der Waals surface area contributed by atoms with Crippen LogP contribution in [0.15, 0.2) is 29.6 Å². The van der Waals surface area contributed by atoms with Crippen molar-refractivity contribution in [2.45, 2.75) is 26.7 Å². The van der Waals surface area contributed by atoms with Gasteiger partial charge < -0.3 is 10.1 Å². The predicted molar refractivity (Wildman–Crippen MR) is 81.6 cm³/mol. The van der Waals surface area contributed by atoms with Crippen LogP contribution in [0.3, 0.4) is 0 Å². The third-order valence-electron chi connectivity index (χ3n) is 2.80. The van der Waals surface area contributed by atoms with E-state index in [1.165, 1.54) is 16.9 Å². The fourth-order valence-electron chi connectivity index (χ4n) is 1.75. The Bertz CT molecular complexity index is 564. The molecule has 0 atom stereocenters. The van der Waals surface area contributed by atoms with Crippen LogP contribution in [0.1, 0.15) is 25.1 Å². The molecule has 0 aliphatic rings. The number of carbonyl (C=O) groups excluding carboxylic acids is 1. The molecule has 2 rings (SSSR count). The summed E-state index contributed by atoms with van der Waals surface area (Å²) in [5.74, 6) is -0.239. The maximum atomic E-state index is 11.4. The lowest BCUT2D eigenvalue weighted by atomic mass is 10.1. The Labute approximate surface area is 122 Å². The smallest absolute Gasteiger partial charge is 0.311 e. The summed E-state index contributed by atoms with van der Waals surface area (Å²) >= 11 is 1.48. The van der Waals surface area contributed by atoms with Gasteiger partial charge in [-0.15, -0.1) is 11.3 Å². The van der Waals surface area contributed by atoms with Crippen molar-refractivity contribution >= 4 is 28.1 Å². The molecule has 1 aromatic carbocycles. The lowest BCUT2D eigenvalue weighted by Crippen LogP contribution is -2.07. The van der Waals surface area contributed by atoms with Crippen LogP contribution in [0.4, 0.5) is 10.8 Å². The minimum absolute atomic E-state index is 0.223. The molecule has 4 nitrogen and oxygen atoms in total. The number of ether oxygens (including phenoxy) is 1. The molecule has 0 bridgehead atoms. The summed E-state index contributed by atoms with van der Waals surface area (Å²) in [6.07, 6.45) is 1.25. The number of aryl methyl sites for hydroxylation is 1. The molecule has 20 heavy (non-hydrogen) atoms. The van der Waals surface area contributed by atoms with Crippen molar-refractivity contribution in [3.8, 4) is 0 Å². The van der Waals surface area contributed by atoms with E-state index in [0.29, 0.717) is 6.61 Å². The van der Waals surface area contributed by atoms with Gasteiger partial charge in [-0.1, -0.05) is 19.1 Å². The molecule has 0 aliphatic heterocycles. The van der Waals surface area contributed by atoms with Gasteiger partial charge in [-0.3, -0.25) is 4.79 Å². The lowest BCUT2D eigenvalue weighted by Gasteiger charge is -2.03. The van der Waals surface area contributed by atoms with E-state index in [1.807, 2.05) is 17.5 Å². The van der Waals surface area contributed by atoms with Gasteiger partial charge in [0.05, 0.1) is 18.7 Å². The second kappa shape index (κ2) is 7.05. The number of hydrogen-bond acceptors (Lipinski definition) is 5. The van der Waals surface area contributed by atoms with Crippen LogP contribution in [-0.4, -0.2) is 17.6 Å². The Morgan fingerprint density at radius 1 is 1.30 bits per heavy atom. The van der Waals surface area contributed by atoms with Crippen LogP contribution in [0.25, 0.3) is 0 Å². The van der Waals surface area contributed by atoms with Gasteiger partial charge >= 0.3 is 5.97 Å². The topological polar surface area (TPSA) is 51.2 Å². The number of hydrogen-bond donors (Lipinski definition) is 1. The van der Waals surface area contributed by atoms with Crippen molar-refractivity contribution in [2.24, 2.45) is 0 Å². The number of carbonyl (C=O) groups is 1. The second-order valence-corrected chi connectivity index (χ2v) is 5.16. The molecule has 0 amide bonds. The Kier molecular flexibility index (Phi) is 5.12. The van der Waals surface area contributed by atoms with Gasteiger partial charge in [-0.25, -0.2) is 4.98 Å². The summed E-state index contributed by atoms with van der Waals surface area (Å²) in [5.41, 5.74) is 3.04. The number of rotatable bonds is 6. The highest BCUT2D eigenvalue weighted by molar-refractivity contribution is 7.13. The number of benzene rings is 1. The highest BCUT2D eigenvalue weighted by atomic mass is 32.1. The van der Waals surface area contributed by atoms with E-state index in [-0.39, 0.29) is 12.4 Å². The zero-order valence-corrected chi connectivity index (χ0v) is 12.5. The number of nitrogens with one attached hydrogen (secondary N) is 1. The van der Waals surface area contributed by atoms with Crippen LogP contribution in [-0.2, 0) is 22.4 Å². The molecule has 106 valence electrons. The monoisotopic (exact) mass is 290 g/mol. The quantitative estimate of drug-likeness (QED) is 0.827. The first-order valence-electron chi connectivity index (χ1n) is 6.67. The van der Waals surface area contributed by atoms with Crippen molar-refractivity contribution in [1.29, 1.82) is 0 Å². The van der Waals surface area contributed by atoms with E-state index in [4.69, 9.17) is 4.74 Å². The van der Waals surface area contributed by atoms with Crippen LogP contribution in [0.5, 0.6) is 0 Å². The third-order valence-corrected chi connectivity index (χ3v) is 3.60. The van der Waals surface area contributed by atoms with E-state index in [9.17, 15) is 4.79 Å². The van der Waals surface area contributed by atoms with Gasteiger partial charge in [0.25, 0.3) is 0 Å². The van der Waals surface area contributed by atoms with Crippen molar-refractivity contribution in [3.05, 3.63) is 40.9 Å². The average Bonchev–Trinajstić information content (AvgIpc) is 2.87. The number of anilines is 2. The molecule has 0 spiro atoms.